The Kier molecular flexibility index (Phi) is 4.46. The van der Waals surface area contributed by atoms with Gasteiger partial charge in [-0.3, -0.25) is 0 Å². The highest BCUT2D eigenvalue weighted by Crippen LogP contribution is 2.28. The lowest BCUT2D eigenvalue weighted by Crippen LogP contribution is -2.12. The molecule has 0 radical (unpaired) electrons. The molecule has 0 heterocycles. The normalized spacial score (nSPS) is 11.4. The molecule has 2 rings (SSSR count). The molecule has 21 heavy (non-hydrogen) atoms. The lowest BCUT2D eigenvalue weighted by Gasteiger charge is -2.09. The molecule has 4 nitrogen and oxygen atoms in total. The quantitative estimate of drug-likeness (QED) is 0.935. The van der Waals surface area contributed by atoms with Gasteiger partial charge in [-0.15, -0.1) is 0 Å². The summed E-state index contributed by atoms with van der Waals surface area (Å²) in [6, 6.07) is 6.75. The fourth-order valence-corrected chi connectivity index (χ4v) is 2.41. The Balaban J connectivity index is 2.17. The molecule has 0 atom stereocenters. The van der Waals surface area contributed by atoms with Gasteiger partial charge in [0.2, 0.25) is 10.0 Å². The average Bonchev–Trinajstić information content (AvgIpc) is 2.38. The zero-order valence-electron chi connectivity index (χ0n) is 10.5. The van der Waals surface area contributed by atoms with Crippen molar-refractivity contribution in [2.75, 3.05) is 0 Å². The molecular weight excluding hydrogens is 324 g/mol. The van der Waals surface area contributed by atoms with Crippen molar-refractivity contribution in [3.8, 4) is 5.75 Å². The molecule has 0 aliphatic carbocycles. The first-order valence-electron chi connectivity index (χ1n) is 5.66. The minimum Gasteiger partial charge on any atom is -0.487 e. The Morgan fingerprint density at radius 1 is 1.14 bits per heavy atom. The van der Waals surface area contributed by atoms with E-state index in [4.69, 9.17) is 21.5 Å². The van der Waals surface area contributed by atoms with E-state index in [1.165, 1.54) is 18.2 Å². The topological polar surface area (TPSA) is 69.4 Å². The molecule has 112 valence electrons. The van der Waals surface area contributed by atoms with Gasteiger partial charge in [0.25, 0.3) is 0 Å². The molecule has 2 N–H and O–H groups in total. The zero-order valence-corrected chi connectivity index (χ0v) is 12.1. The van der Waals surface area contributed by atoms with E-state index < -0.39 is 21.7 Å². The van der Waals surface area contributed by atoms with Gasteiger partial charge < -0.3 is 4.74 Å². The number of nitrogens with two attached hydrogens (primary N) is 1. The number of hydrogen-bond donors (Lipinski definition) is 1. The number of benzene rings is 2. The molecule has 0 spiro atoms. The molecule has 8 heteroatoms. The molecular formula is C13H10ClF2NO3S. The van der Waals surface area contributed by atoms with Crippen molar-refractivity contribution in [1.82, 2.24) is 0 Å². The van der Waals surface area contributed by atoms with Gasteiger partial charge in [0, 0.05) is 11.6 Å². The van der Waals surface area contributed by atoms with Crippen LogP contribution in [0.5, 0.6) is 5.75 Å². The van der Waals surface area contributed by atoms with Crippen molar-refractivity contribution in [2.45, 2.75) is 11.5 Å². The lowest BCUT2D eigenvalue weighted by atomic mass is 10.2. The van der Waals surface area contributed by atoms with Crippen molar-refractivity contribution >= 4 is 21.6 Å². The van der Waals surface area contributed by atoms with Gasteiger partial charge in [0.1, 0.15) is 24.0 Å². The van der Waals surface area contributed by atoms with Crippen LogP contribution in [0.4, 0.5) is 8.78 Å². The van der Waals surface area contributed by atoms with Crippen LogP contribution in [0.3, 0.4) is 0 Å². The second-order valence-electron chi connectivity index (χ2n) is 4.16. The van der Waals surface area contributed by atoms with E-state index in [2.05, 4.69) is 0 Å². The highest BCUT2D eigenvalue weighted by Gasteiger charge is 2.12. The number of ether oxygens (including phenoxy) is 1. The summed E-state index contributed by atoms with van der Waals surface area (Å²) in [5.41, 5.74) is 0.142. The van der Waals surface area contributed by atoms with Crippen molar-refractivity contribution in [2.24, 2.45) is 5.14 Å². The molecule has 0 amide bonds. The first-order chi connectivity index (χ1) is 9.77. The van der Waals surface area contributed by atoms with Gasteiger partial charge in [0.15, 0.2) is 0 Å². The second kappa shape index (κ2) is 5.97. The van der Waals surface area contributed by atoms with Crippen LogP contribution in [0.1, 0.15) is 5.56 Å². The Labute approximate surface area is 125 Å². The predicted molar refractivity (Wildman–Crippen MR) is 73.5 cm³/mol. The van der Waals surface area contributed by atoms with E-state index in [1.54, 1.807) is 0 Å². The summed E-state index contributed by atoms with van der Waals surface area (Å²) >= 11 is 5.87. The number of halogens is 3. The monoisotopic (exact) mass is 333 g/mol. The van der Waals surface area contributed by atoms with E-state index in [0.717, 1.165) is 18.2 Å². The Morgan fingerprint density at radius 2 is 1.86 bits per heavy atom. The first kappa shape index (κ1) is 15.7. The molecule has 0 saturated carbocycles. The molecule has 0 unspecified atom stereocenters. The van der Waals surface area contributed by atoms with Crippen LogP contribution in [-0.2, 0) is 16.6 Å². The van der Waals surface area contributed by atoms with Crippen LogP contribution >= 0.6 is 11.6 Å². The molecule has 0 fully saturated rings. The van der Waals surface area contributed by atoms with Gasteiger partial charge in [-0.1, -0.05) is 11.6 Å². The SMILES string of the molecule is NS(=O)(=O)c1ccc(OCc2ccc(F)cc2F)c(Cl)c1. The third-order valence-corrected chi connectivity index (χ3v) is 3.84. The van der Waals surface area contributed by atoms with E-state index >= 15 is 0 Å². The average molecular weight is 334 g/mol. The Hall–Kier alpha value is -1.70. The van der Waals surface area contributed by atoms with Gasteiger partial charge in [-0.05, 0) is 30.3 Å². The third kappa shape index (κ3) is 3.90. The van der Waals surface area contributed by atoms with Crippen LogP contribution < -0.4 is 9.88 Å². The standard InChI is InChI=1S/C13H10ClF2NO3S/c14-11-6-10(21(17,18)19)3-4-13(11)20-7-8-1-2-9(15)5-12(8)16/h1-6H,7H2,(H2,17,18,19). The molecule has 0 bridgehead atoms. The summed E-state index contributed by atoms with van der Waals surface area (Å²) < 4.78 is 53.8. The predicted octanol–water partition coefficient (Wildman–Crippen LogP) is 2.84. The summed E-state index contributed by atoms with van der Waals surface area (Å²) in [5.74, 6) is -1.27. The van der Waals surface area contributed by atoms with Crippen molar-refractivity contribution < 1.29 is 21.9 Å². The first-order valence-corrected chi connectivity index (χ1v) is 7.59. The highest BCUT2D eigenvalue weighted by molar-refractivity contribution is 7.89. The lowest BCUT2D eigenvalue weighted by molar-refractivity contribution is 0.299. The maximum absolute atomic E-state index is 13.4. The third-order valence-electron chi connectivity index (χ3n) is 2.63. The van der Waals surface area contributed by atoms with Crippen molar-refractivity contribution in [3.63, 3.8) is 0 Å². The van der Waals surface area contributed by atoms with Gasteiger partial charge in [-0.2, -0.15) is 0 Å². The van der Waals surface area contributed by atoms with Gasteiger partial charge >= 0.3 is 0 Å². The summed E-state index contributed by atoms with van der Waals surface area (Å²) in [6.45, 7) is -0.180. The summed E-state index contributed by atoms with van der Waals surface area (Å²) in [7, 11) is -3.86. The van der Waals surface area contributed by atoms with E-state index in [1.807, 2.05) is 0 Å². The fourth-order valence-electron chi connectivity index (χ4n) is 1.57. The van der Waals surface area contributed by atoms with Crippen LogP contribution in [0, 0.1) is 11.6 Å². The summed E-state index contributed by atoms with van der Waals surface area (Å²) in [4.78, 5) is -0.159. The van der Waals surface area contributed by atoms with Gasteiger partial charge in [0.05, 0.1) is 9.92 Å². The number of primary sulfonamides is 1. The highest BCUT2D eigenvalue weighted by atomic mass is 35.5. The van der Waals surface area contributed by atoms with Crippen molar-refractivity contribution in [3.05, 3.63) is 58.6 Å². The number of hydrogen-bond acceptors (Lipinski definition) is 3. The van der Waals surface area contributed by atoms with Crippen LogP contribution in [-0.4, -0.2) is 8.42 Å². The van der Waals surface area contributed by atoms with E-state index in [-0.39, 0.29) is 27.8 Å². The second-order valence-corrected chi connectivity index (χ2v) is 6.13. The fraction of sp³-hybridized carbons (Fsp3) is 0.0769. The summed E-state index contributed by atoms with van der Waals surface area (Å²) in [6.07, 6.45) is 0. The van der Waals surface area contributed by atoms with Crippen LogP contribution in [0.25, 0.3) is 0 Å². The maximum atomic E-state index is 13.4. The molecule has 0 aromatic heterocycles. The molecule has 0 saturated heterocycles. The minimum absolute atomic E-state index is 0.0176. The van der Waals surface area contributed by atoms with Crippen LogP contribution in [0.2, 0.25) is 5.02 Å². The largest absolute Gasteiger partial charge is 0.487 e. The molecule has 2 aromatic rings. The molecule has 0 aliphatic heterocycles. The van der Waals surface area contributed by atoms with Crippen LogP contribution in [0.15, 0.2) is 41.3 Å². The number of rotatable bonds is 4. The van der Waals surface area contributed by atoms with E-state index in [9.17, 15) is 17.2 Å². The summed E-state index contributed by atoms with van der Waals surface area (Å²) in [5, 5.41) is 4.98. The van der Waals surface area contributed by atoms with E-state index in [0.29, 0.717) is 0 Å². The zero-order chi connectivity index (χ0) is 15.6. The number of sulfonamides is 1. The maximum Gasteiger partial charge on any atom is 0.238 e. The Morgan fingerprint density at radius 3 is 2.43 bits per heavy atom. The van der Waals surface area contributed by atoms with Gasteiger partial charge in [-0.25, -0.2) is 22.3 Å². The molecule has 0 aliphatic rings. The Bertz CT molecular complexity index is 781. The molecule has 2 aromatic carbocycles. The minimum atomic E-state index is -3.86. The smallest absolute Gasteiger partial charge is 0.238 e. The van der Waals surface area contributed by atoms with Crippen molar-refractivity contribution in [1.29, 1.82) is 0 Å².